The Morgan fingerprint density at radius 2 is 0.957 bits per heavy atom. The highest BCUT2D eigenvalue weighted by Gasteiger charge is 2.32. The molecule has 6 atom stereocenters. The van der Waals surface area contributed by atoms with E-state index in [4.69, 9.17) is 40.1 Å². The van der Waals surface area contributed by atoms with Gasteiger partial charge in [0.2, 0.25) is 47.3 Å². The normalized spacial score (nSPS) is 13.3. The molecule has 386 valence electrons. The molecule has 2 aromatic carbocycles. The summed E-state index contributed by atoms with van der Waals surface area (Å²) in [6.07, 6.45) is 3.83. The summed E-state index contributed by atoms with van der Waals surface area (Å²) in [6, 6.07) is 10.9. The van der Waals surface area contributed by atoms with Crippen molar-refractivity contribution in [1.82, 2.24) is 37.2 Å². The van der Waals surface area contributed by atoms with Crippen LogP contribution in [0, 0.1) is 0 Å². The minimum atomic E-state index is -1.30. The van der Waals surface area contributed by atoms with Crippen LogP contribution in [-0.4, -0.2) is 140 Å². The maximum atomic E-state index is 14.2. The molecule has 0 bridgehead atoms. The van der Waals surface area contributed by atoms with Crippen molar-refractivity contribution in [3.8, 4) is 0 Å². The number of aliphatic imine (C=N–C) groups is 2. The number of rotatable bonds is 34. The van der Waals surface area contributed by atoms with Crippen LogP contribution in [-0.2, 0) is 51.2 Å². The standard InChI is InChI=1S/C45H72N16O8S/c1-70-23-19-34(61-43(69)35(25-29-14-6-3-7-15-29)57-37(63)27-55-36(62)26-56-39(65)30(47)24-28-12-4-2-5-13-28)42(68)60-33(18-11-22-54-45(51)52)41(67)59-32(17-10-21-53-44(49)50)40(66)58-31(38(48)64)16-8-9-20-46/h2-7,12-15,30-35H,8-11,16-27,46-47H2,1H3,(H2,48,64)(H,55,62)(H,56,65)(H,57,63)(H,58,66)(H,59,67)(H,60,68)(H,61,69)(H4,49,50,53)(H4,51,52,54). The van der Waals surface area contributed by atoms with Gasteiger partial charge in [-0.15, -0.1) is 0 Å². The number of carbonyl (C=O) groups excluding carboxylic acids is 8. The summed E-state index contributed by atoms with van der Waals surface area (Å²) in [6.45, 7) is -0.454. The Hall–Kier alpha value is -6.99. The zero-order valence-corrected chi connectivity index (χ0v) is 40.5. The summed E-state index contributed by atoms with van der Waals surface area (Å²) in [5.41, 5.74) is 40.6. The lowest BCUT2D eigenvalue weighted by Crippen LogP contribution is -2.59. The van der Waals surface area contributed by atoms with Gasteiger partial charge >= 0.3 is 0 Å². The topological polar surface area (TPSA) is 428 Å². The van der Waals surface area contributed by atoms with Crippen LogP contribution >= 0.6 is 11.8 Å². The molecule has 2 rings (SSSR count). The molecule has 0 saturated carbocycles. The number of hydrogen-bond acceptors (Lipinski definition) is 13. The number of benzene rings is 2. The van der Waals surface area contributed by atoms with Crippen LogP contribution in [0.4, 0.5) is 0 Å². The van der Waals surface area contributed by atoms with Gasteiger partial charge in [-0.25, -0.2) is 0 Å². The van der Waals surface area contributed by atoms with Crippen molar-refractivity contribution >= 4 is 70.9 Å². The molecule has 0 saturated heterocycles. The highest BCUT2D eigenvalue weighted by Crippen LogP contribution is 2.10. The van der Waals surface area contributed by atoms with Crippen LogP contribution in [0.15, 0.2) is 70.6 Å². The molecule has 0 spiro atoms. The maximum Gasteiger partial charge on any atom is 0.243 e. The summed E-state index contributed by atoms with van der Waals surface area (Å²) in [5.74, 6) is -5.75. The Balaban J connectivity index is 2.29. The van der Waals surface area contributed by atoms with Gasteiger partial charge in [0.1, 0.15) is 30.2 Å². The Kier molecular flexibility index (Phi) is 28.3. The zero-order valence-electron chi connectivity index (χ0n) is 39.7. The van der Waals surface area contributed by atoms with Gasteiger partial charge < -0.3 is 77.4 Å². The summed E-state index contributed by atoms with van der Waals surface area (Å²) in [4.78, 5) is 115. The second-order valence-corrected chi connectivity index (χ2v) is 17.2. The fourth-order valence-corrected chi connectivity index (χ4v) is 7.19. The summed E-state index contributed by atoms with van der Waals surface area (Å²) < 4.78 is 0. The molecular weight excluding hydrogens is 925 g/mol. The highest BCUT2D eigenvalue weighted by molar-refractivity contribution is 7.98. The monoisotopic (exact) mass is 997 g/mol. The molecular formula is C45H72N16O8S. The van der Waals surface area contributed by atoms with Crippen LogP contribution in [0.25, 0.3) is 0 Å². The molecule has 0 aliphatic heterocycles. The van der Waals surface area contributed by atoms with Crippen LogP contribution in [0.2, 0.25) is 0 Å². The van der Waals surface area contributed by atoms with E-state index in [0.717, 1.165) is 5.56 Å². The number of primary amides is 1. The summed E-state index contributed by atoms with van der Waals surface area (Å²) in [5, 5.41) is 18.2. The Bertz CT molecular complexity index is 2040. The first-order valence-electron chi connectivity index (χ1n) is 22.9. The Morgan fingerprint density at radius 1 is 0.514 bits per heavy atom. The fourth-order valence-electron chi connectivity index (χ4n) is 6.72. The SMILES string of the molecule is CSCCC(NC(=O)C(Cc1ccccc1)NC(=O)CNC(=O)CNC(=O)C(N)Cc1ccccc1)C(=O)NC(CCCN=C(N)N)C(=O)NC(CCCN=C(N)N)C(=O)NC(CCCCN)C(N)=O. The van der Waals surface area contributed by atoms with Gasteiger partial charge in [-0.3, -0.25) is 48.3 Å². The highest BCUT2D eigenvalue weighted by atomic mass is 32.2. The maximum absolute atomic E-state index is 14.2. The summed E-state index contributed by atoms with van der Waals surface area (Å²) >= 11 is 1.39. The van der Waals surface area contributed by atoms with Crippen molar-refractivity contribution in [3.05, 3.63) is 71.8 Å². The Morgan fingerprint density at radius 3 is 1.43 bits per heavy atom. The molecule has 8 amide bonds. The predicted molar refractivity (Wildman–Crippen MR) is 269 cm³/mol. The fraction of sp³-hybridized carbons (Fsp3) is 0.511. The number of amides is 8. The first-order valence-corrected chi connectivity index (χ1v) is 24.3. The summed E-state index contributed by atoms with van der Waals surface area (Å²) in [7, 11) is 0. The number of nitrogens with zero attached hydrogens (tertiary/aromatic N) is 2. The second kappa shape index (κ2) is 33.5. The lowest BCUT2D eigenvalue weighted by atomic mass is 10.0. The smallest absolute Gasteiger partial charge is 0.243 e. The first kappa shape index (κ1) is 59.1. The van der Waals surface area contributed by atoms with Crippen molar-refractivity contribution in [2.75, 3.05) is 44.7 Å². The minimum absolute atomic E-state index is 0.00925. The largest absolute Gasteiger partial charge is 0.370 e. The molecule has 21 N–H and O–H groups in total. The third kappa shape index (κ3) is 24.9. The van der Waals surface area contributed by atoms with Crippen molar-refractivity contribution in [3.63, 3.8) is 0 Å². The lowest BCUT2D eigenvalue weighted by Gasteiger charge is -2.27. The lowest BCUT2D eigenvalue weighted by molar-refractivity contribution is -0.135. The number of thioether (sulfide) groups is 1. The van der Waals surface area contributed by atoms with Crippen molar-refractivity contribution in [2.45, 2.75) is 100 Å². The Labute approximate surface area is 412 Å². The number of unbranched alkanes of at least 4 members (excludes halogenated alkanes) is 1. The number of guanidine groups is 2. The number of nitrogens with one attached hydrogen (secondary N) is 7. The molecule has 0 heterocycles. The number of nitrogens with two attached hydrogens (primary N) is 7. The molecule has 24 nitrogen and oxygen atoms in total. The van der Waals surface area contributed by atoms with Crippen molar-refractivity contribution < 1.29 is 38.4 Å². The molecule has 25 heteroatoms. The van der Waals surface area contributed by atoms with E-state index in [2.05, 4.69) is 47.2 Å². The predicted octanol–water partition coefficient (Wildman–Crippen LogP) is -4.07. The molecule has 70 heavy (non-hydrogen) atoms. The minimum Gasteiger partial charge on any atom is -0.370 e. The van der Waals surface area contributed by atoms with Gasteiger partial charge in [0.05, 0.1) is 19.1 Å². The third-order valence-electron chi connectivity index (χ3n) is 10.4. The van der Waals surface area contributed by atoms with E-state index >= 15 is 0 Å². The van der Waals surface area contributed by atoms with Crippen LogP contribution in [0.1, 0.15) is 62.5 Å². The number of carbonyl (C=O) groups is 8. The van der Waals surface area contributed by atoms with Gasteiger partial charge in [0.25, 0.3) is 0 Å². The molecule has 2 aromatic rings. The van der Waals surface area contributed by atoms with Gasteiger partial charge in [0, 0.05) is 19.5 Å². The molecule has 0 aromatic heterocycles. The number of hydrogen-bond donors (Lipinski definition) is 14. The molecule has 0 fully saturated rings. The first-order chi connectivity index (χ1) is 33.4. The second-order valence-electron chi connectivity index (χ2n) is 16.2. The van der Waals surface area contributed by atoms with E-state index in [-0.39, 0.29) is 76.4 Å². The van der Waals surface area contributed by atoms with E-state index < -0.39 is 96.6 Å². The molecule has 0 radical (unpaired) electrons. The molecule has 0 aliphatic rings. The van der Waals surface area contributed by atoms with Crippen LogP contribution in [0.3, 0.4) is 0 Å². The zero-order chi connectivity index (χ0) is 51.8. The molecule has 6 unspecified atom stereocenters. The third-order valence-corrected chi connectivity index (χ3v) is 11.1. The van der Waals surface area contributed by atoms with E-state index in [1.807, 2.05) is 30.3 Å². The van der Waals surface area contributed by atoms with Crippen LogP contribution in [0.5, 0.6) is 0 Å². The van der Waals surface area contributed by atoms with E-state index in [9.17, 15) is 38.4 Å². The van der Waals surface area contributed by atoms with E-state index in [1.165, 1.54) is 11.8 Å². The van der Waals surface area contributed by atoms with Crippen LogP contribution < -0.4 is 77.4 Å². The van der Waals surface area contributed by atoms with Gasteiger partial charge in [-0.1, -0.05) is 60.7 Å². The van der Waals surface area contributed by atoms with Gasteiger partial charge in [-0.05, 0) is 87.5 Å². The van der Waals surface area contributed by atoms with Crippen molar-refractivity contribution in [1.29, 1.82) is 0 Å². The molecule has 0 aliphatic carbocycles. The average Bonchev–Trinajstić information content (AvgIpc) is 3.32. The quantitative estimate of drug-likeness (QED) is 0.0180. The average molecular weight is 997 g/mol. The van der Waals surface area contributed by atoms with E-state index in [0.29, 0.717) is 30.7 Å². The van der Waals surface area contributed by atoms with Gasteiger partial charge in [-0.2, -0.15) is 11.8 Å². The van der Waals surface area contributed by atoms with Gasteiger partial charge in [0.15, 0.2) is 11.9 Å². The van der Waals surface area contributed by atoms with E-state index in [1.54, 1.807) is 36.6 Å². The van der Waals surface area contributed by atoms with Crippen molar-refractivity contribution in [2.24, 2.45) is 50.1 Å².